The molecule has 2 N–H and O–H groups in total. The fraction of sp³-hybridized carbons (Fsp3) is 0.500. The molecule has 1 rings (SSSR count). The number of rotatable bonds is 7. The van der Waals surface area contributed by atoms with Crippen LogP contribution in [-0.4, -0.2) is 54.4 Å². The highest BCUT2D eigenvalue weighted by molar-refractivity contribution is 5.92. The molecule has 1 amide bonds. The Kier molecular flexibility index (Phi) is 7.24. The molecule has 0 saturated carbocycles. The van der Waals surface area contributed by atoms with Gasteiger partial charge in [0.25, 0.3) is 0 Å². The van der Waals surface area contributed by atoms with Crippen LogP contribution in [0.4, 0.5) is 5.69 Å². The number of nitrogens with one attached hydrogen (secondary N) is 1. The minimum Gasteiger partial charge on any atom is -0.389 e. The molecule has 23 heavy (non-hydrogen) atoms. The van der Waals surface area contributed by atoms with Crippen molar-refractivity contribution < 1.29 is 14.6 Å². The quantitative estimate of drug-likeness (QED) is 0.752. The summed E-state index contributed by atoms with van der Waals surface area (Å²) in [4.78, 5) is 13.8. The maximum atomic E-state index is 12.0. The van der Waals surface area contributed by atoms with Gasteiger partial charge in [-0.2, -0.15) is 0 Å². The van der Waals surface area contributed by atoms with E-state index in [1.807, 2.05) is 20.8 Å². The van der Waals surface area contributed by atoms with E-state index in [1.54, 1.807) is 36.2 Å². The Labute approximate surface area is 138 Å². The van der Waals surface area contributed by atoms with Crippen LogP contribution in [-0.2, 0) is 9.53 Å². The summed E-state index contributed by atoms with van der Waals surface area (Å²) in [7, 11) is 1.78. The Bertz CT molecular complexity index is 558. The van der Waals surface area contributed by atoms with E-state index in [1.165, 1.54) is 0 Å². The molecule has 5 nitrogen and oxygen atoms in total. The molecule has 0 heterocycles. The Hall–Kier alpha value is -1.87. The third kappa shape index (κ3) is 8.36. The Balaban J connectivity index is 2.40. The second kappa shape index (κ2) is 8.68. The van der Waals surface area contributed by atoms with Crippen molar-refractivity contribution in [1.82, 2.24) is 4.90 Å². The lowest BCUT2D eigenvalue weighted by Crippen LogP contribution is -2.38. The second-order valence-corrected chi connectivity index (χ2v) is 6.55. The van der Waals surface area contributed by atoms with Crippen LogP contribution in [0.1, 0.15) is 26.3 Å². The number of carbonyl (C=O) groups excluding carboxylic acids is 1. The first-order valence-corrected chi connectivity index (χ1v) is 7.56. The molecule has 0 aliphatic rings. The first-order chi connectivity index (χ1) is 10.7. The molecule has 5 heteroatoms. The van der Waals surface area contributed by atoms with Gasteiger partial charge in [-0.3, -0.25) is 9.69 Å². The maximum Gasteiger partial charge on any atom is 0.238 e. The van der Waals surface area contributed by atoms with Gasteiger partial charge in [-0.25, -0.2) is 0 Å². The first-order valence-electron chi connectivity index (χ1n) is 7.56. The van der Waals surface area contributed by atoms with E-state index in [0.717, 1.165) is 0 Å². The molecule has 0 aliphatic carbocycles. The van der Waals surface area contributed by atoms with Gasteiger partial charge < -0.3 is 15.2 Å². The van der Waals surface area contributed by atoms with Crippen LogP contribution in [0.15, 0.2) is 24.3 Å². The third-order valence-electron chi connectivity index (χ3n) is 2.96. The van der Waals surface area contributed by atoms with Gasteiger partial charge in [0.15, 0.2) is 0 Å². The maximum absolute atomic E-state index is 12.0. The van der Waals surface area contributed by atoms with E-state index >= 15 is 0 Å². The molecule has 0 bridgehead atoms. The number of amides is 1. The van der Waals surface area contributed by atoms with Gasteiger partial charge in [-0.1, -0.05) is 12.0 Å². The predicted molar refractivity (Wildman–Crippen MR) is 92.2 cm³/mol. The average Bonchev–Trinajstić information content (AvgIpc) is 2.44. The van der Waals surface area contributed by atoms with Crippen LogP contribution < -0.4 is 5.32 Å². The molecule has 0 spiro atoms. The highest BCUT2D eigenvalue weighted by Gasteiger charge is 2.16. The molecule has 1 aromatic carbocycles. The van der Waals surface area contributed by atoms with Crippen molar-refractivity contribution in [3.8, 4) is 12.3 Å². The number of terminal acetylenes is 1. The van der Waals surface area contributed by atoms with E-state index in [0.29, 0.717) is 17.8 Å². The number of ether oxygens (including phenoxy) is 1. The number of carbonyl (C=O) groups is 1. The van der Waals surface area contributed by atoms with Gasteiger partial charge in [-0.05, 0) is 46.0 Å². The number of nitrogens with zero attached hydrogens (tertiary/aromatic N) is 1. The minimum absolute atomic E-state index is 0.161. The molecule has 126 valence electrons. The Morgan fingerprint density at radius 1 is 1.48 bits per heavy atom. The van der Waals surface area contributed by atoms with Gasteiger partial charge in [0.05, 0.1) is 24.9 Å². The van der Waals surface area contributed by atoms with Crippen LogP contribution in [0.5, 0.6) is 0 Å². The monoisotopic (exact) mass is 318 g/mol. The summed E-state index contributed by atoms with van der Waals surface area (Å²) >= 11 is 0. The molecular weight excluding hydrogens is 292 g/mol. The van der Waals surface area contributed by atoms with Crippen LogP contribution in [0.3, 0.4) is 0 Å². The van der Waals surface area contributed by atoms with Gasteiger partial charge in [0.1, 0.15) is 0 Å². The normalized spacial score (nSPS) is 12.7. The summed E-state index contributed by atoms with van der Waals surface area (Å²) in [6.07, 6.45) is 4.69. The molecule has 0 saturated heterocycles. The molecule has 0 aliphatic heterocycles. The summed E-state index contributed by atoms with van der Waals surface area (Å²) in [6, 6.07) is 7.12. The van der Waals surface area contributed by atoms with Crippen LogP contribution in [0.2, 0.25) is 0 Å². The summed E-state index contributed by atoms with van der Waals surface area (Å²) < 4.78 is 5.52. The van der Waals surface area contributed by atoms with E-state index in [4.69, 9.17) is 11.2 Å². The number of hydrogen-bond acceptors (Lipinski definition) is 4. The molecular formula is C18H26N2O3. The Morgan fingerprint density at radius 2 is 2.17 bits per heavy atom. The van der Waals surface area contributed by atoms with E-state index in [-0.39, 0.29) is 24.7 Å². The average molecular weight is 318 g/mol. The highest BCUT2D eigenvalue weighted by atomic mass is 16.5. The number of hydrogen-bond donors (Lipinski definition) is 2. The zero-order chi connectivity index (χ0) is 17.5. The van der Waals surface area contributed by atoms with Crippen molar-refractivity contribution in [1.29, 1.82) is 0 Å². The van der Waals surface area contributed by atoms with Crippen molar-refractivity contribution >= 4 is 11.6 Å². The van der Waals surface area contributed by atoms with Gasteiger partial charge >= 0.3 is 0 Å². The van der Waals surface area contributed by atoms with E-state index in [2.05, 4.69) is 11.2 Å². The topological polar surface area (TPSA) is 61.8 Å². The van der Waals surface area contributed by atoms with Crippen LogP contribution in [0, 0.1) is 12.3 Å². The molecule has 1 atom stereocenters. The summed E-state index contributed by atoms with van der Waals surface area (Å²) in [5.41, 5.74) is 1.08. The summed E-state index contributed by atoms with van der Waals surface area (Å²) in [6.45, 7) is 6.56. The fourth-order valence-electron chi connectivity index (χ4n) is 1.96. The minimum atomic E-state index is -0.642. The zero-order valence-electron chi connectivity index (χ0n) is 14.3. The summed E-state index contributed by atoms with van der Waals surface area (Å²) in [5, 5.41) is 12.7. The number of benzene rings is 1. The molecule has 1 aromatic rings. The number of aliphatic hydroxyl groups is 1. The van der Waals surface area contributed by atoms with Gasteiger partial charge in [0.2, 0.25) is 5.91 Å². The van der Waals surface area contributed by atoms with Crippen LogP contribution in [0.25, 0.3) is 0 Å². The van der Waals surface area contributed by atoms with Gasteiger partial charge in [0, 0.05) is 17.8 Å². The number of anilines is 1. The lowest BCUT2D eigenvalue weighted by Gasteiger charge is -2.24. The molecule has 0 aromatic heterocycles. The van der Waals surface area contributed by atoms with E-state index in [9.17, 15) is 9.90 Å². The fourth-order valence-corrected chi connectivity index (χ4v) is 1.96. The van der Waals surface area contributed by atoms with Crippen molar-refractivity contribution in [2.75, 3.05) is 32.1 Å². The largest absolute Gasteiger partial charge is 0.389 e. The standard InChI is InChI=1S/C18H26N2O3/c1-6-14-8-7-9-15(10-14)19-17(22)12-20(5)11-16(21)13-23-18(2,3)4/h1,7-10,16,21H,11-13H2,2-5H3,(H,19,22). The second-order valence-electron chi connectivity index (χ2n) is 6.55. The highest BCUT2D eigenvalue weighted by Crippen LogP contribution is 2.10. The van der Waals surface area contributed by atoms with Crippen LogP contribution >= 0.6 is 0 Å². The Morgan fingerprint density at radius 3 is 2.78 bits per heavy atom. The van der Waals surface area contributed by atoms with Crippen molar-refractivity contribution in [2.24, 2.45) is 0 Å². The summed E-state index contributed by atoms with van der Waals surface area (Å²) in [5.74, 6) is 2.36. The van der Waals surface area contributed by atoms with Crippen molar-refractivity contribution in [3.63, 3.8) is 0 Å². The van der Waals surface area contributed by atoms with Gasteiger partial charge in [-0.15, -0.1) is 6.42 Å². The van der Waals surface area contributed by atoms with Crippen molar-refractivity contribution in [3.05, 3.63) is 29.8 Å². The third-order valence-corrected chi connectivity index (χ3v) is 2.96. The molecule has 0 fully saturated rings. The van der Waals surface area contributed by atoms with Crippen molar-refractivity contribution in [2.45, 2.75) is 32.5 Å². The lowest BCUT2D eigenvalue weighted by molar-refractivity contribution is -0.117. The number of likely N-dealkylation sites (N-methyl/N-ethyl adjacent to an activating group) is 1. The zero-order valence-corrected chi connectivity index (χ0v) is 14.3. The SMILES string of the molecule is C#Cc1cccc(NC(=O)CN(C)CC(O)COC(C)(C)C)c1. The number of aliphatic hydroxyl groups excluding tert-OH is 1. The molecule has 0 radical (unpaired) electrons. The first kappa shape index (κ1) is 19.2. The smallest absolute Gasteiger partial charge is 0.238 e. The van der Waals surface area contributed by atoms with E-state index < -0.39 is 6.10 Å². The lowest BCUT2D eigenvalue weighted by atomic mass is 10.2. The molecule has 1 unspecified atom stereocenters. The predicted octanol–water partition coefficient (Wildman–Crippen LogP) is 1.71.